The molecule has 0 saturated carbocycles. The zero-order valence-corrected chi connectivity index (χ0v) is 12.8. The maximum Gasteiger partial charge on any atom is 0.240 e. The fraction of sp³-hybridized carbons (Fsp3) is 0.417. The minimum absolute atomic E-state index is 0. The molecule has 0 fully saturated rings. The van der Waals surface area contributed by atoms with Gasteiger partial charge >= 0.3 is 0 Å². The predicted octanol–water partition coefficient (Wildman–Crippen LogP) is 1.33. The van der Waals surface area contributed by atoms with Crippen molar-refractivity contribution in [1.82, 2.24) is 4.72 Å². The monoisotopic (exact) mass is 306 g/mol. The van der Waals surface area contributed by atoms with Crippen LogP contribution in [0, 0.1) is 0 Å². The van der Waals surface area contributed by atoms with E-state index < -0.39 is 15.6 Å². The Morgan fingerprint density at radius 3 is 2.42 bits per heavy atom. The van der Waals surface area contributed by atoms with Gasteiger partial charge in [0.25, 0.3) is 0 Å². The number of nitrogens with one attached hydrogen (secondary N) is 1. The van der Waals surface area contributed by atoms with Gasteiger partial charge in [0, 0.05) is 17.6 Å². The van der Waals surface area contributed by atoms with Crippen LogP contribution in [-0.2, 0) is 10.0 Å². The van der Waals surface area contributed by atoms with Gasteiger partial charge in [-0.3, -0.25) is 4.79 Å². The fourth-order valence-corrected chi connectivity index (χ4v) is 2.52. The van der Waals surface area contributed by atoms with Gasteiger partial charge < -0.3 is 5.73 Å². The third-order valence-electron chi connectivity index (χ3n) is 2.27. The van der Waals surface area contributed by atoms with E-state index in [-0.39, 0.29) is 29.6 Å². The van der Waals surface area contributed by atoms with Gasteiger partial charge in [0.05, 0.1) is 4.90 Å². The number of rotatable bonds is 5. The van der Waals surface area contributed by atoms with E-state index in [1.807, 2.05) is 0 Å². The molecule has 0 amide bonds. The second kappa shape index (κ2) is 6.47. The summed E-state index contributed by atoms with van der Waals surface area (Å²) in [4.78, 5) is 11.3. The third kappa shape index (κ3) is 5.69. The first kappa shape index (κ1) is 18.0. The topological polar surface area (TPSA) is 89.3 Å². The van der Waals surface area contributed by atoms with Crippen LogP contribution in [0.4, 0.5) is 0 Å². The van der Waals surface area contributed by atoms with Gasteiger partial charge in [-0.05, 0) is 32.9 Å². The Morgan fingerprint density at radius 2 is 1.95 bits per heavy atom. The smallest absolute Gasteiger partial charge is 0.240 e. The van der Waals surface area contributed by atoms with Gasteiger partial charge in [0.1, 0.15) is 0 Å². The van der Waals surface area contributed by atoms with Crippen molar-refractivity contribution in [2.24, 2.45) is 5.73 Å². The molecule has 1 aromatic carbocycles. The summed E-state index contributed by atoms with van der Waals surface area (Å²) in [6.07, 6.45) is 0. The van der Waals surface area contributed by atoms with E-state index in [0.717, 1.165) is 0 Å². The first-order valence-corrected chi connectivity index (χ1v) is 7.00. The first-order chi connectivity index (χ1) is 8.12. The van der Waals surface area contributed by atoms with Crippen molar-refractivity contribution < 1.29 is 13.2 Å². The van der Waals surface area contributed by atoms with E-state index in [0.29, 0.717) is 5.56 Å². The van der Waals surface area contributed by atoms with E-state index in [2.05, 4.69) is 4.72 Å². The number of benzene rings is 1. The molecule has 0 spiro atoms. The van der Waals surface area contributed by atoms with Crippen LogP contribution in [0.2, 0.25) is 0 Å². The Hall–Kier alpha value is -0.950. The SMILES string of the molecule is CC(=O)c1cccc(S(=O)(=O)NCC(C)(C)N)c1.Cl. The lowest BCUT2D eigenvalue weighted by Gasteiger charge is -2.19. The van der Waals surface area contributed by atoms with Crippen molar-refractivity contribution in [1.29, 1.82) is 0 Å². The lowest BCUT2D eigenvalue weighted by Crippen LogP contribution is -2.45. The zero-order chi connectivity index (χ0) is 14.0. The van der Waals surface area contributed by atoms with Gasteiger partial charge in [-0.25, -0.2) is 13.1 Å². The molecule has 0 aliphatic rings. The van der Waals surface area contributed by atoms with Crippen molar-refractivity contribution in [2.75, 3.05) is 6.54 Å². The van der Waals surface area contributed by atoms with E-state index in [4.69, 9.17) is 5.73 Å². The molecule has 0 aromatic heterocycles. The summed E-state index contributed by atoms with van der Waals surface area (Å²) in [5.74, 6) is -0.175. The highest BCUT2D eigenvalue weighted by molar-refractivity contribution is 7.89. The molecule has 1 rings (SSSR count). The van der Waals surface area contributed by atoms with Crippen LogP contribution < -0.4 is 10.5 Å². The quantitative estimate of drug-likeness (QED) is 0.803. The number of sulfonamides is 1. The summed E-state index contributed by atoms with van der Waals surface area (Å²) in [6.45, 7) is 4.96. The van der Waals surface area contributed by atoms with Crippen LogP contribution >= 0.6 is 12.4 Å². The van der Waals surface area contributed by atoms with Crippen LogP contribution in [0.15, 0.2) is 29.2 Å². The summed E-state index contributed by atoms with van der Waals surface area (Å²) in [5.41, 5.74) is 5.45. The molecule has 0 bridgehead atoms. The van der Waals surface area contributed by atoms with Crippen molar-refractivity contribution in [3.05, 3.63) is 29.8 Å². The maximum absolute atomic E-state index is 12.0. The van der Waals surface area contributed by atoms with Crippen LogP contribution in [0.1, 0.15) is 31.1 Å². The van der Waals surface area contributed by atoms with Crippen LogP contribution in [0.3, 0.4) is 0 Å². The lowest BCUT2D eigenvalue weighted by molar-refractivity contribution is 0.101. The molecule has 19 heavy (non-hydrogen) atoms. The molecular weight excluding hydrogens is 288 g/mol. The number of hydrogen-bond donors (Lipinski definition) is 2. The van der Waals surface area contributed by atoms with Crippen LogP contribution in [0.25, 0.3) is 0 Å². The Labute approximate surface area is 120 Å². The Bertz CT molecular complexity index is 550. The molecule has 108 valence electrons. The molecule has 0 aliphatic carbocycles. The average molecular weight is 307 g/mol. The standard InChI is InChI=1S/C12H18N2O3S.ClH/c1-9(15)10-5-4-6-11(7-10)18(16,17)14-8-12(2,3)13;/h4-7,14H,8,13H2,1-3H3;1H. The molecule has 0 unspecified atom stereocenters. The molecule has 0 saturated heterocycles. The Morgan fingerprint density at radius 1 is 1.37 bits per heavy atom. The molecule has 0 radical (unpaired) electrons. The van der Waals surface area contributed by atoms with E-state index in [1.54, 1.807) is 26.0 Å². The number of Topliss-reactive ketones (excluding diaryl/α,β-unsaturated/α-hetero) is 1. The van der Waals surface area contributed by atoms with Gasteiger partial charge in [0.15, 0.2) is 5.78 Å². The highest BCUT2D eigenvalue weighted by atomic mass is 35.5. The van der Waals surface area contributed by atoms with Crippen molar-refractivity contribution in [2.45, 2.75) is 31.2 Å². The molecule has 0 atom stereocenters. The molecule has 0 aliphatic heterocycles. The predicted molar refractivity (Wildman–Crippen MR) is 77.1 cm³/mol. The third-order valence-corrected chi connectivity index (χ3v) is 3.67. The van der Waals surface area contributed by atoms with Crippen molar-refractivity contribution >= 4 is 28.2 Å². The Balaban J connectivity index is 0.00000324. The number of hydrogen-bond acceptors (Lipinski definition) is 4. The van der Waals surface area contributed by atoms with Crippen LogP contribution in [-0.4, -0.2) is 26.3 Å². The molecular formula is C12H19ClN2O3S. The number of ketones is 1. The van der Waals surface area contributed by atoms with E-state index >= 15 is 0 Å². The number of carbonyl (C=O) groups excluding carboxylic acids is 1. The second-order valence-electron chi connectivity index (χ2n) is 4.90. The fourth-order valence-electron chi connectivity index (χ4n) is 1.25. The van der Waals surface area contributed by atoms with E-state index in [9.17, 15) is 13.2 Å². The highest BCUT2D eigenvalue weighted by Gasteiger charge is 2.19. The minimum atomic E-state index is -3.63. The molecule has 1 aromatic rings. The summed E-state index contributed by atoms with van der Waals surface area (Å²) >= 11 is 0. The summed E-state index contributed by atoms with van der Waals surface area (Å²) in [6, 6.07) is 5.92. The molecule has 3 N–H and O–H groups in total. The van der Waals surface area contributed by atoms with E-state index in [1.165, 1.54) is 19.1 Å². The molecule has 5 nitrogen and oxygen atoms in total. The summed E-state index contributed by atoms with van der Waals surface area (Å²) in [7, 11) is -3.63. The number of carbonyl (C=O) groups is 1. The van der Waals surface area contributed by atoms with Crippen molar-refractivity contribution in [3.63, 3.8) is 0 Å². The Kier molecular flexibility index (Phi) is 6.15. The average Bonchev–Trinajstić information content (AvgIpc) is 2.26. The maximum atomic E-state index is 12.0. The first-order valence-electron chi connectivity index (χ1n) is 5.51. The number of halogens is 1. The molecule has 0 heterocycles. The van der Waals surface area contributed by atoms with Crippen molar-refractivity contribution in [3.8, 4) is 0 Å². The summed E-state index contributed by atoms with van der Waals surface area (Å²) < 4.78 is 26.4. The lowest BCUT2D eigenvalue weighted by atomic mass is 10.1. The minimum Gasteiger partial charge on any atom is -0.324 e. The van der Waals surface area contributed by atoms with Gasteiger partial charge in [-0.15, -0.1) is 12.4 Å². The zero-order valence-electron chi connectivity index (χ0n) is 11.1. The van der Waals surface area contributed by atoms with Gasteiger partial charge in [-0.1, -0.05) is 12.1 Å². The van der Waals surface area contributed by atoms with Crippen LogP contribution in [0.5, 0.6) is 0 Å². The number of nitrogens with two attached hydrogens (primary N) is 1. The summed E-state index contributed by atoms with van der Waals surface area (Å²) in [5, 5.41) is 0. The molecule has 7 heteroatoms. The second-order valence-corrected chi connectivity index (χ2v) is 6.66. The normalized spacial score (nSPS) is 11.8. The highest BCUT2D eigenvalue weighted by Crippen LogP contribution is 2.12. The largest absolute Gasteiger partial charge is 0.324 e. The van der Waals surface area contributed by atoms with Gasteiger partial charge in [0.2, 0.25) is 10.0 Å². The van der Waals surface area contributed by atoms with Gasteiger partial charge in [-0.2, -0.15) is 0 Å².